The standard InChI is InChI=1S/C19H19FN2OS/c1-13-6-5-9-17(14(13)2)22-11-10-21-19(22)24-12-18(23)15-7-3-4-8-16(15)20/h3-11,18,23H,12H2,1-2H3. The highest BCUT2D eigenvalue weighted by Crippen LogP contribution is 2.28. The number of hydrogen-bond acceptors (Lipinski definition) is 3. The topological polar surface area (TPSA) is 38.0 Å². The number of hydrogen-bond donors (Lipinski definition) is 1. The summed E-state index contributed by atoms with van der Waals surface area (Å²) in [6, 6.07) is 12.4. The lowest BCUT2D eigenvalue weighted by atomic mass is 10.1. The van der Waals surface area contributed by atoms with E-state index in [2.05, 4.69) is 24.9 Å². The highest BCUT2D eigenvalue weighted by Gasteiger charge is 2.15. The molecule has 0 aliphatic carbocycles. The second kappa shape index (κ2) is 7.20. The van der Waals surface area contributed by atoms with Crippen LogP contribution in [0.25, 0.3) is 5.69 Å². The molecule has 5 heteroatoms. The van der Waals surface area contributed by atoms with Gasteiger partial charge < -0.3 is 5.11 Å². The lowest BCUT2D eigenvalue weighted by molar-refractivity contribution is 0.199. The van der Waals surface area contributed by atoms with Crippen LogP contribution in [0.5, 0.6) is 0 Å². The van der Waals surface area contributed by atoms with Gasteiger partial charge in [0.2, 0.25) is 0 Å². The fourth-order valence-corrected chi connectivity index (χ4v) is 3.49. The second-order valence-corrected chi connectivity index (χ2v) is 6.63. The highest BCUT2D eigenvalue weighted by molar-refractivity contribution is 7.99. The zero-order valence-corrected chi connectivity index (χ0v) is 14.4. The molecule has 0 spiro atoms. The first-order valence-electron chi connectivity index (χ1n) is 7.73. The van der Waals surface area contributed by atoms with Crippen LogP contribution in [-0.2, 0) is 0 Å². The molecule has 0 aliphatic rings. The van der Waals surface area contributed by atoms with Gasteiger partial charge in [-0.2, -0.15) is 0 Å². The molecule has 3 aromatic rings. The number of aliphatic hydroxyl groups is 1. The zero-order chi connectivity index (χ0) is 17.1. The molecule has 3 rings (SSSR count). The maximum atomic E-state index is 13.8. The van der Waals surface area contributed by atoms with Gasteiger partial charge in [-0.25, -0.2) is 9.37 Å². The predicted molar refractivity (Wildman–Crippen MR) is 95.1 cm³/mol. The van der Waals surface area contributed by atoms with Crippen molar-refractivity contribution >= 4 is 11.8 Å². The van der Waals surface area contributed by atoms with E-state index in [1.165, 1.54) is 29.0 Å². The number of aliphatic hydroxyl groups excluding tert-OH is 1. The molecule has 1 aromatic heterocycles. The van der Waals surface area contributed by atoms with Gasteiger partial charge in [0.05, 0.1) is 11.8 Å². The van der Waals surface area contributed by atoms with Crippen molar-refractivity contribution in [1.82, 2.24) is 9.55 Å². The summed E-state index contributed by atoms with van der Waals surface area (Å²) in [6.45, 7) is 4.15. The SMILES string of the molecule is Cc1cccc(-n2ccnc2SCC(O)c2ccccc2F)c1C. The molecule has 1 unspecified atom stereocenters. The van der Waals surface area contributed by atoms with E-state index < -0.39 is 6.10 Å². The largest absolute Gasteiger partial charge is 0.387 e. The van der Waals surface area contributed by atoms with E-state index in [1.54, 1.807) is 24.4 Å². The summed E-state index contributed by atoms with van der Waals surface area (Å²) in [6.07, 6.45) is 2.76. The molecule has 1 N–H and O–H groups in total. The van der Waals surface area contributed by atoms with E-state index in [9.17, 15) is 9.50 Å². The maximum Gasteiger partial charge on any atom is 0.172 e. The van der Waals surface area contributed by atoms with Gasteiger partial charge in [0.1, 0.15) is 5.82 Å². The molecular weight excluding hydrogens is 323 g/mol. The van der Waals surface area contributed by atoms with Crippen LogP contribution in [0.15, 0.2) is 60.0 Å². The van der Waals surface area contributed by atoms with Crippen LogP contribution in [0.3, 0.4) is 0 Å². The molecule has 0 fully saturated rings. The number of benzene rings is 2. The highest BCUT2D eigenvalue weighted by atomic mass is 32.2. The number of thioether (sulfide) groups is 1. The van der Waals surface area contributed by atoms with Crippen molar-refractivity contribution in [3.8, 4) is 5.69 Å². The summed E-state index contributed by atoms with van der Waals surface area (Å²) in [5.41, 5.74) is 3.78. The summed E-state index contributed by atoms with van der Waals surface area (Å²) >= 11 is 1.41. The molecule has 0 radical (unpaired) electrons. The summed E-state index contributed by atoms with van der Waals surface area (Å²) in [5, 5.41) is 11.0. The summed E-state index contributed by atoms with van der Waals surface area (Å²) < 4.78 is 15.8. The van der Waals surface area contributed by atoms with Crippen LogP contribution < -0.4 is 0 Å². The Morgan fingerprint density at radius 1 is 1.17 bits per heavy atom. The van der Waals surface area contributed by atoms with Gasteiger partial charge in [-0.3, -0.25) is 4.57 Å². The van der Waals surface area contributed by atoms with Gasteiger partial charge in [-0.15, -0.1) is 0 Å². The van der Waals surface area contributed by atoms with Crippen molar-refractivity contribution in [3.05, 3.63) is 77.4 Å². The minimum Gasteiger partial charge on any atom is -0.387 e. The number of imidazole rings is 1. The van der Waals surface area contributed by atoms with E-state index in [-0.39, 0.29) is 5.82 Å². The Balaban J connectivity index is 1.79. The minimum atomic E-state index is -0.875. The monoisotopic (exact) mass is 342 g/mol. The van der Waals surface area contributed by atoms with Crippen molar-refractivity contribution in [2.45, 2.75) is 25.1 Å². The van der Waals surface area contributed by atoms with E-state index in [4.69, 9.17) is 0 Å². The summed E-state index contributed by atoms with van der Waals surface area (Å²) in [4.78, 5) is 4.37. The van der Waals surface area contributed by atoms with Crippen molar-refractivity contribution in [2.24, 2.45) is 0 Å². The van der Waals surface area contributed by atoms with Crippen molar-refractivity contribution < 1.29 is 9.50 Å². The van der Waals surface area contributed by atoms with Gasteiger partial charge in [0, 0.05) is 23.7 Å². The maximum absolute atomic E-state index is 13.8. The van der Waals surface area contributed by atoms with Crippen LogP contribution >= 0.6 is 11.8 Å². The van der Waals surface area contributed by atoms with Crippen molar-refractivity contribution in [1.29, 1.82) is 0 Å². The van der Waals surface area contributed by atoms with Crippen molar-refractivity contribution in [2.75, 3.05) is 5.75 Å². The van der Waals surface area contributed by atoms with Crippen molar-refractivity contribution in [3.63, 3.8) is 0 Å². The third-order valence-corrected chi connectivity index (χ3v) is 5.12. The average molecular weight is 342 g/mol. The van der Waals surface area contributed by atoms with Crippen LogP contribution in [0.4, 0.5) is 4.39 Å². The van der Waals surface area contributed by atoms with Crippen LogP contribution in [-0.4, -0.2) is 20.4 Å². The first-order valence-corrected chi connectivity index (χ1v) is 8.71. The summed E-state index contributed by atoms with van der Waals surface area (Å²) in [7, 11) is 0. The molecule has 124 valence electrons. The Hall–Kier alpha value is -2.11. The normalized spacial score (nSPS) is 12.3. The molecule has 24 heavy (non-hydrogen) atoms. The second-order valence-electron chi connectivity index (χ2n) is 5.65. The van der Waals surface area contributed by atoms with Gasteiger partial charge in [-0.1, -0.05) is 42.1 Å². The zero-order valence-electron chi connectivity index (χ0n) is 13.6. The molecule has 1 heterocycles. The third-order valence-electron chi connectivity index (χ3n) is 4.08. The molecule has 0 saturated carbocycles. The lowest BCUT2D eigenvalue weighted by Crippen LogP contribution is -2.05. The number of rotatable bonds is 5. The Labute approximate surface area is 145 Å². The number of aryl methyl sites for hydroxylation is 1. The molecule has 0 amide bonds. The molecule has 3 nitrogen and oxygen atoms in total. The van der Waals surface area contributed by atoms with E-state index in [1.807, 2.05) is 22.9 Å². The molecule has 0 bridgehead atoms. The third kappa shape index (κ3) is 3.37. The first-order chi connectivity index (χ1) is 11.6. The Kier molecular flexibility index (Phi) is 5.02. The number of aromatic nitrogens is 2. The average Bonchev–Trinajstić information content (AvgIpc) is 3.04. The molecule has 2 aromatic carbocycles. The van der Waals surface area contributed by atoms with Crippen LogP contribution in [0.2, 0.25) is 0 Å². The van der Waals surface area contributed by atoms with E-state index in [0.29, 0.717) is 11.3 Å². The Morgan fingerprint density at radius 3 is 2.75 bits per heavy atom. The van der Waals surface area contributed by atoms with E-state index >= 15 is 0 Å². The fourth-order valence-electron chi connectivity index (χ4n) is 2.57. The molecule has 1 atom stereocenters. The lowest BCUT2D eigenvalue weighted by Gasteiger charge is -2.14. The van der Waals surface area contributed by atoms with Crippen LogP contribution in [0, 0.1) is 19.7 Å². The summed E-state index contributed by atoms with van der Waals surface area (Å²) in [5.74, 6) is -0.0496. The predicted octanol–water partition coefficient (Wildman–Crippen LogP) is 4.45. The number of nitrogens with zero attached hydrogens (tertiary/aromatic N) is 2. The smallest absolute Gasteiger partial charge is 0.172 e. The van der Waals surface area contributed by atoms with Crippen LogP contribution in [0.1, 0.15) is 22.8 Å². The molecule has 0 aliphatic heterocycles. The molecular formula is C19H19FN2OS. The van der Waals surface area contributed by atoms with E-state index in [0.717, 1.165) is 10.8 Å². The van der Waals surface area contributed by atoms with Gasteiger partial charge in [0.15, 0.2) is 5.16 Å². The van der Waals surface area contributed by atoms with Gasteiger partial charge >= 0.3 is 0 Å². The quantitative estimate of drug-likeness (QED) is 0.696. The molecule has 0 saturated heterocycles. The van der Waals surface area contributed by atoms with Gasteiger partial charge in [-0.05, 0) is 37.1 Å². The van der Waals surface area contributed by atoms with Gasteiger partial charge in [0.25, 0.3) is 0 Å². The Morgan fingerprint density at radius 2 is 1.96 bits per heavy atom. The first kappa shape index (κ1) is 16.7. The fraction of sp³-hybridized carbons (Fsp3) is 0.211. The Bertz CT molecular complexity index is 847. The number of halogens is 1. The minimum absolute atomic E-state index is 0.315.